The third-order valence-corrected chi connectivity index (χ3v) is 2.14. The Morgan fingerprint density at radius 1 is 1.67 bits per heavy atom. The zero-order chi connectivity index (χ0) is 8.81. The molecule has 0 bridgehead atoms. The lowest BCUT2D eigenvalue weighted by molar-refractivity contribution is 0.112. The predicted molar refractivity (Wildman–Crippen MR) is 50.3 cm³/mol. The van der Waals surface area contributed by atoms with Crippen LogP contribution in [-0.2, 0) is 0 Å². The Balaban J connectivity index is 2.76. The van der Waals surface area contributed by atoms with Crippen LogP contribution in [0.2, 0.25) is 0 Å². The zero-order valence-electron chi connectivity index (χ0n) is 6.54. The predicted octanol–water partition coefficient (Wildman–Crippen LogP) is 1.26. The van der Waals surface area contributed by atoms with Gasteiger partial charge >= 0.3 is 0 Å². The molecule has 1 aromatic heterocycles. The molecule has 0 radical (unpaired) electrons. The van der Waals surface area contributed by atoms with Crippen LogP contribution in [0, 0.1) is 11.8 Å². The maximum atomic E-state index is 10.4. The van der Waals surface area contributed by atoms with Crippen molar-refractivity contribution in [1.82, 2.24) is 0 Å². The van der Waals surface area contributed by atoms with Gasteiger partial charge in [0.05, 0.1) is 4.88 Å². The first-order valence-corrected chi connectivity index (χ1v) is 4.48. The van der Waals surface area contributed by atoms with Gasteiger partial charge in [0.2, 0.25) is 0 Å². The summed E-state index contributed by atoms with van der Waals surface area (Å²) < 4.78 is 0. The van der Waals surface area contributed by atoms with E-state index in [9.17, 15) is 4.79 Å². The first-order chi connectivity index (χ1) is 5.88. The van der Waals surface area contributed by atoms with Crippen LogP contribution in [0.4, 0.5) is 0 Å². The normalized spacial score (nSPS) is 8.75. The number of hydrogen-bond donors (Lipinski definition) is 1. The fraction of sp³-hybridized carbons (Fsp3) is 0.222. The minimum absolute atomic E-state index is 0.563. The Bertz CT molecular complexity index is 319. The highest BCUT2D eigenvalue weighted by atomic mass is 32.1. The van der Waals surface area contributed by atoms with Crippen molar-refractivity contribution in [2.24, 2.45) is 5.73 Å². The molecule has 12 heavy (non-hydrogen) atoms. The van der Waals surface area contributed by atoms with Crippen molar-refractivity contribution in [1.29, 1.82) is 0 Å². The average Bonchev–Trinajstić information content (AvgIpc) is 2.52. The molecule has 0 aliphatic carbocycles. The average molecular weight is 179 g/mol. The molecule has 62 valence electrons. The Hall–Kier alpha value is -1.11. The molecular weight excluding hydrogens is 170 g/mol. The van der Waals surface area contributed by atoms with Crippen LogP contribution in [0.15, 0.2) is 11.4 Å². The maximum absolute atomic E-state index is 10.4. The van der Waals surface area contributed by atoms with E-state index in [-0.39, 0.29) is 0 Å². The highest BCUT2D eigenvalue weighted by molar-refractivity contribution is 7.11. The minimum atomic E-state index is 0.563. The molecule has 0 fully saturated rings. The summed E-state index contributed by atoms with van der Waals surface area (Å²) in [5.74, 6) is 5.78. The van der Waals surface area contributed by atoms with Crippen LogP contribution in [-0.4, -0.2) is 12.8 Å². The van der Waals surface area contributed by atoms with E-state index in [1.165, 1.54) is 11.3 Å². The standard InChI is InChI=1S/C9H9NOS/c10-5-2-1-3-8-4-6-12-9(8)7-11/h4,6-7H,2,5,10H2. The molecule has 0 amide bonds. The van der Waals surface area contributed by atoms with Gasteiger partial charge in [0, 0.05) is 18.5 Å². The van der Waals surface area contributed by atoms with Crippen molar-refractivity contribution in [3.05, 3.63) is 21.9 Å². The molecule has 0 aliphatic rings. The summed E-state index contributed by atoms with van der Waals surface area (Å²) in [5.41, 5.74) is 6.08. The van der Waals surface area contributed by atoms with Crippen LogP contribution in [0.5, 0.6) is 0 Å². The van der Waals surface area contributed by atoms with Crippen LogP contribution >= 0.6 is 11.3 Å². The summed E-state index contributed by atoms with van der Waals surface area (Å²) in [6.45, 7) is 0.563. The van der Waals surface area contributed by atoms with Gasteiger partial charge in [-0.15, -0.1) is 11.3 Å². The van der Waals surface area contributed by atoms with Gasteiger partial charge in [0.15, 0.2) is 6.29 Å². The summed E-state index contributed by atoms with van der Waals surface area (Å²) in [6.07, 6.45) is 1.51. The lowest BCUT2D eigenvalue weighted by Gasteiger charge is -1.83. The third-order valence-electron chi connectivity index (χ3n) is 1.29. The van der Waals surface area contributed by atoms with Gasteiger partial charge in [-0.05, 0) is 11.4 Å². The summed E-state index contributed by atoms with van der Waals surface area (Å²) in [7, 11) is 0. The summed E-state index contributed by atoms with van der Waals surface area (Å²) >= 11 is 1.41. The Morgan fingerprint density at radius 3 is 3.17 bits per heavy atom. The molecule has 2 nitrogen and oxygen atoms in total. The van der Waals surface area contributed by atoms with E-state index in [2.05, 4.69) is 11.8 Å². The van der Waals surface area contributed by atoms with Crippen molar-refractivity contribution in [2.75, 3.05) is 6.54 Å². The number of thiophene rings is 1. The van der Waals surface area contributed by atoms with Crippen molar-refractivity contribution in [3.63, 3.8) is 0 Å². The number of carbonyl (C=O) groups is 1. The van der Waals surface area contributed by atoms with Crippen LogP contribution in [0.3, 0.4) is 0 Å². The van der Waals surface area contributed by atoms with Gasteiger partial charge < -0.3 is 5.73 Å². The molecule has 1 heterocycles. The van der Waals surface area contributed by atoms with E-state index >= 15 is 0 Å². The second kappa shape index (κ2) is 4.70. The van der Waals surface area contributed by atoms with Crippen molar-refractivity contribution < 1.29 is 4.79 Å². The molecular formula is C9H9NOS. The smallest absolute Gasteiger partial charge is 0.161 e. The maximum Gasteiger partial charge on any atom is 0.161 e. The van der Waals surface area contributed by atoms with Gasteiger partial charge in [-0.2, -0.15) is 0 Å². The Labute approximate surface area is 75.4 Å². The van der Waals surface area contributed by atoms with E-state index in [1.54, 1.807) is 0 Å². The fourth-order valence-corrected chi connectivity index (χ4v) is 1.40. The number of rotatable bonds is 2. The van der Waals surface area contributed by atoms with Gasteiger partial charge in [0.25, 0.3) is 0 Å². The monoisotopic (exact) mass is 179 g/mol. The van der Waals surface area contributed by atoms with E-state index in [0.29, 0.717) is 17.8 Å². The second-order valence-electron chi connectivity index (χ2n) is 2.16. The van der Waals surface area contributed by atoms with Crippen molar-refractivity contribution >= 4 is 17.6 Å². The molecule has 1 rings (SSSR count). The van der Waals surface area contributed by atoms with Crippen LogP contribution in [0.25, 0.3) is 0 Å². The molecule has 1 aromatic rings. The number of carbonyl (C=O) groups excluding carboxylic acids is 1. The lowest BCUT2D eigenvalue weighted by atomic mass is 10.2. The first kappa shape index (κ1) is 8.98. The SMILES string of the molecule is NCCC#Cc1ccsc1C=O. The first-order valence-electron chi connectivity index (χ1n) is 3.60. The number of nitrogens with two attached hydrogens (primary N) is 1. The molecule has 0 unspecified atom stereocenters. The second-order valence-corrected chi connectivity index (χ2v) is 3.10. The zero-order valence-corrected chi connectivity index (χ0v) is 7.36. The number of aldehydes is 1. The van der Waals surface area contributed by atoms with Crippen LogP contribution < -0.4 is 5.73 Å². The van der Waals surface area contributed by atoms with Gasteiger partial charge in [0.1, 0.15) is 0 Å². The topological polar surface area (TPSA) is 43.1 Å². The van der Waals surface area contributed by atoms with Gasteiger partial charge in [-0.3, -0.25) is 4.79 Å². The molecule has 0 spiro atoms. The Morgan fingerprint density at radius 2 is 2.50 bits per heavy atom. The summed E-state index contributed by atoms with van der Waals surface area (Å²) in [5, 5.41) is 1.86. The molecule has 3 heteroatoms. The van der Waals surface area contributed by atoms with E-state index in [4.69, 9.17) is 5.73 Å². The highest BCUT2D eigenvalue weighted by Crippen LogP contribution is 2.12. The van der Waals surface area contributed by atoms with Gasteiger partial charge in [-0.1, -0.05) is 11.8 Å². The highest BCUT2D eigenvalue weighted by Gasteiger charge is 1.97. The van der Waals surface area contributed by atoms with E-state index in [1.807, 2.05) is 11.4 Å². The molecule has 0 saturated heterocycles. The minimum Gasteiger partial charge on any atom is -0.330 e. The largest absolute Gasteiger partial charge is 0.330 e. The number of hydrogen-bond acceptors (Lipinski definition) is 3. The lowest BCUT2D eigenvalue weighted by Crippen LogP contribution is -1.95. The molecule has 2 N–H and O–H groups in total. The quantitative estimate of drug-likeness (QED) is 0.548. The summed E-state index contributed by atoms with van der Waals surface area (Å²) in [6, 6.07) is 1.85. The third kappa shape index (κ3) is 2.19. The summed E-state index contributed by atoms with van der Waals surface area (Å²) in [4.78, 5) is 11.1. The van der Waals surface area contributed by atoms with E-state index in [0.717, 1.165) is 11.8 Å². The van der Waals surface area contributed by atoms with Crippen molar-refractivity contribution in [2.45, 2.75) is 6.42 Å². The molecule has 0 atom stereocenters. The fourth-order valence-electron chi connectivity index (χ4n) is 0.745. The van der Waals surface area contributed by atoms with Crippen LogP contribution in [0.1, 0.15) is 21.7 Å². The molecule has 0 aromatic carbocycles. The van der Waals surface area contributed by atoms with Gasteiger partial charge in [-0.25, -0.2) is 0 Å². The van der Waals surface area contributed by atoms with E-state index < -0.39 is 0 Å². The van der Waals surface area contributed by atoms with Crippen molar-refractivity contribution in [3.8, 4) is 11.8 Å². The molecule has 0 saturated carbocycles. The Kier molecular flexibility index (Phi) is 3.52. The molecule has 0 aliphatic heterocycles.